The van der Waals surface area contributed by atoms with Crippen LogP contribution in [0.2, 0.25) is 5.02 Å². The Hall–Kier alpha value is -0.940. The summed E-state index contributed by atoms with van der Waals surface area (Å²) >= 11 is 9.26. The fourth-order valence-electron chi connectivity index (χ4n) is 2.14. The van der Waals surface area contributed by atoms with Crippen LogP contribution in [0.15, 0.2) is 46.9 Å². The van der Waals surface area contributed by atoms with Gasteiger partial charge in [0.05, 0.1) is 6.10 Å². The fourth-order valence-corrected chi connectivity index (χ4v) is 3.06. The standard InChI is InChI=1S/C15H14BrClFNO/c16-14-7-10(17)4-5-12(14)15(20)13(8-19)9-2-1-3-11(18)6-9/h1-7,13,15,20H,8,19H2. The summed E-state index contributed by atoms with van der Waals surface area (Å²) in [5.74, 6) is -0.730. The monoisotopic (exact) mass is 357 g/mol. The van der Waals surface area contributed by atoms with Gasteiger partial charge in [0.2, 0.25) is 0 Å². The number of nitrogens with two attached hydrogens (primary N) is 1. The van der Waals surface area contributed by atoms with Crippen LogP contribution in [-0.4, -0.2) is 11.7 Å². The molecule has 0 aliphatic rings. The minimum absolute atomic E-state index is 0.208. The molecule has 0 saturated carbocycles. The third kappa shape index (κ3) is 3.38. The Balaban J connectivity index is 2.36. The summed E-state index contributed by atoms with van der Waals surface area (Å²) in [6.45, 7) is 0.208. The lowest BCUT2D eigenvalue weighted by Crippen LogP contribution is -2.20. The second kappa shape index (κ2) is 6.68. The normalized spacial score (nSPS) is 14.1. The lowest BCUT2D eigenvalue weighted by atomic mass is 9.89. The minimum atomic E-state index is -0.839. The maximum absolute atomic E-state index is 13.3. The quantitative estimate of drug-likeness (QED) is 0.867. The van der Waals surface area contributed by atoms with Gasteiger partial charge in [-0.1, -0.05) is 45.7 Å². The van der Waals surface area contributed by atoms with Gasteiger partial charge in [-0.3, -0.25) is 0 Å². The van der Waals surface area contributed by atoms with Crippen LogP contribution in [0.1, 0.15) is 23.1 Å². The molecule has 0 bridgehead atoms. The number of halogens is 3. The zero-order valence-corrected chi connectivity index (χ0v) is 12.9. The molecular weight excluding hydrogens is 345 g/mol. The van der Waals surface area contributed by atoms with E-state index in [9.17, 15) is 9.50 Å². The maximum atomic E-state index is 13.3. The van der Waals surface area contributed by atoms with Gasteiger partial charge in [-0.15, -0.1) is 0 Å². The van der Waals surface area contributed by atoms with E-state index in [2.05, 4.69) is 15.9 Å². The van der Waals surface area contributed by atoms with E-state index < -0.39 is 6.10 Å². The Bertz CT molecular complexity index is 608. The van der Waals surface area contributed by atoms with Crippen molar-refractivity contribution in [3.63, 3.8) is 0 Å². The van der Waals surface area contributed by atoms with Crippen molar-refractivity contribution in [3.8, 4) is 0 Å². The molecule has 2 unspecified atom stereocenters. The van der Waals surface area contributed by atoms with Gasteiger partial charge in [-0.05, 0) is 35.4 Å². The highest BCUT2D eigenvalue weighted by atomic mass is 79.9. The van der Waals surface area contributed by atoms with Crippen molar-refractivity contribution in [1.29, 1.82) is 0 Å². The molecule has 0 heterocycles. The lowest BCUT2D eigenvalue weighted by Gasteiger charge is -2.23. The lowest BCUT2D eigenvalue weighted by molar-refractivity contribution is 0.146. The second-order valence-corrected chi connectivity index (χ2v) is 5.80. The zero-order chi connectivity index (χ0) is 14.7. The van der Waals surface area contributed by atoms with Gasteiger partial charge >= 0.3 is 0 Å². The molecule has 0 aromatic heterocycles. The van der Waals surface area contributed by atoms with E-state index in [1.54, 1.807) is 30.3 Å². The molecule has 5 heteroatoms. The summed E-state index contributed by atoms with van der Waals surface area (Å²) < 4.78 is 14.0. The summed E-state index contributed by atoms with van der Waals surface area (Å²) in [5.41, 5.74) is 7.09. The first-order valence-corrected chi connectivity index (χ1v) is 7.28. The van der Waals surface area contributed by atoms with Crippen molar-refractivity contribution in [2.24, 2.45) is 5.73 Å². The van der Waals surface area contributed by atoms with Crippen molar-refractivity contribution in [3.05, 3.63) is 68.9 Å². The molecule has 0 aliphatic heterocycles. The number of aliphatic hydroxyl groups is 1. The number of aliphatic hydroxyl groups excluding tert-OH is 1. The third-order valence-electron chi connectivity index (χ3n) is 3.19. The summed E-state index contributed by atoms with van der Waals surface area (Å²) in [5, 5.41) is 11.1. The van der Waals surface area contributed by atoms with E-state index in [0.717, 1.165) is 0 Å². The first kappa shape index (κ1) is 15.4. The van der Waals surface area contributed by atoms with Crippen molar-refractivity contribution >= 4 is 27.5 Å². The number of hydrogen-bond acceptors (Lipinski definition) is 2. The second-order valence-electron chi connectivity index (χ2n) is 4.51. The van der Waals surface area contributed by atoms with Crippen LogP contribution in [0.4, 0.5) is 4.39 Å². The topological polar surface area (TPSA) is 46.2 Å². The van der Waals surface area contributed by atoms with Crippen LogP contribution in [0, 0.1) is 5.82 Å². The first-order chi connectivity index (χ1) is 9.52. The molecule has 0 saturated heterocycles. The highest BCUT2D eigenvalue weighted by molar-refractivity contribution is 9.10. The predicted molar refractivity (Wildman–Crippen MR) is 82.3 cm³/mol. The summed E-state index contributed by atoms with van der Waals surface area (Å²) in [6.07, 6.45) is -0.839. The van der Waals surface area contributed by atoms with E-state index in [1.807, 2.05) is 0 Å². The van der Waals surface area contributed by atoms with Crippen LogP contribution in [0.25, 0.3) is 0 Å². The van der Waals surface area contributed by atoms with Crippen LogP contribution < -0.4 is 5.73 Å². The van der Waals surface area contributed by atoms with E-state index in [1.165, 1.54) is 12.1 Å². The Morgan fingerprint density at radius 2 is 2.00 bits per heavy atom. The van der Waals surface area contributed by atoms with E-state index >= 15 is 0 Å². The number of benzene rings is 2. The Morgan fingerprint density at radius 3 is 2.60 bits per heavy atom. The molecule has 0 aliphatic carbocycles. The maximum Gasteiger partial charge on any atom is 0.123 e. The van der Waals surface area contributed by atoms with Gasteiger partial charge in [0, 0.05) is 22.0 Å². The average molecular weight is 359 g/mol. The Kier molecular flexibility index (Phi) is 5.16. The SMILES string of the molecule is NCC(c1cccc(F)c1)C(O)c1ccc(Cl)cc1Br. The van der Waals surface area contributed by atoms with Crippen molar-refractivity contribution in [1.82, 2.24) is 0 Å². The predicted octanol–water partition coefficient (Wildman–Crippen LogP) is 4.02. The third-order valence-corrected chi connectivity index (χ3v) is 4.11. The van der Waals surface area contributed by atoms with E-state index in [4.69, 9.17) is 17.3 Å². The average Bonchev–Trinajstić information content (AvgIpc) is 2.39. The molecule has 2 nitrogen and oxygen atoms in total. The molecule has 3 N–H and O–H groups in total. The molecule has 20 heavy (non-hydrogen) atoms. The van der Waals surface area contributed by atoms with E-state index in [0.29, 0.717) is 20.6 Å². The van der Waals surface area contributed by atoms with Crippen molar-refractivity contribution in [2.45, 2.75) is 12.0 Å². The van der Waals surface area contributed by atoms with Gasteiger partial charge in [0.15, 0.2) is 0 Å². The smallest absolute Gasteiger partial charge is 0.123 e. The van der Waals surface area contributed by atoms with Gasteiger partial charge in [0.1, 0.15) is 5.82 Å². The minimum Gasteiger partial charge on any atom is -0.388 e. The summed E-state index contributed by atoms with van der Waals surface area (Å²) in [4.78, 5) is 0. The van der Waals surface area contributed by atoms with Gasteiger partial charge in [-0.25, -0.2) is 4.39 Å². The Morgan fingerprint density at radius 1 is 1.25 bits per heavy atom. The number of hydrogen-bond donors (Lipinski definition) is 2. The molecule has 106 valence electrons. The molecule has 2 aromatic rings. The molecular formula is C15H14BrClFNO. The highest BCUT2D eigenvalue weighted by Gasteiger charge is 2.23. The van der Waals surface area contributed by atoms with Crippen LogP contribution in [0.5, 0.6) is 0 Å². The van der Waals surface area contributed by atoms with E-state index in [-0.39, 0.29) is 18.3 Å². The molecule has 0 radical (unpaired) electrons. The summed E-state index contributed by atoms with van der Waals surface area (Å²) in [6, 6.07) is 11.3. The van der Waals surface area contributed by atoms with Crippen LogP contribution >= 0.6 is 27.5 Å². The van der Waals surface area contributed by atoms with Gasteiger partial charge < -0.3 is 10.8 Å². The van der Waals surface area contributed by atoms with Gasteiger partial charge in [-0.2, -0.15) is 0 Å². The molecule has 0 spiro atoms. The molecule has 2 aromatic carbocycles. The van der Waals surface area contributed by atoms with Crippen molar-refractivity contribution < 1.29 is 9.50 Å². The summed E-state index contributed by atoms with van der Waals surface area (Å²) in [7, 11) is 0. The molecule has 2 atom stereocenters. The Labute approximate surface area is 130 Å². The largest absolute Gasteiger partial charge is 0.388 e. The number of rotatable bonds is 4. The molecule has 0 amide bonds. The zero-order valence-electron chi connectivity index (χ0n) is 10.6. The fraction of sp³-hybridized carbons (Fsp3) is 0.200. The molecule has 2 rings (SSSR count). The highest BCUT2D eigenvalue weighted by Crippen LogP contribution is 2.35. The first-order valence-electron chi connectivity index (χ1n) is 6.11. The molecule has 0 fully saturated rings. The van der Waals surface area contributed by atoms with Crippen molar-refractivity contribution in [2.75, 3.05) is 6.54 Å². The van der Waals surface area contributed by atoms with Crippen LogP contribution in [-0.2, 0) is 0 Å². The van der Waals surface area contributed by atoms with Gasteiger partial charge in [0.25, 0.3) is 0 Å². The van der Waals surface area contributed by atoms with Crippen LogP contribution in [0.3, 0.4) is 0 Å².